The van der Waals surface area contributed by atoms with E-state index >= 15 is 0 Å². The molecule has 156 valence electrons. The molecular formula is C18H18N6O4S2. The van der Waals surface area contributed by atoms with Crippen LogP contribution in [-0.2, 0) is 27.8 Å². The Kier molecular flexibility index (Phi) is 5.50. The number of urea groups is 1. The third-order valence-electron chi connectivity index (χ3n) is 4.32. The van der Waals surface area contributed by atoms with Crippen LogP contribution in [0.2, 0.25) is 0 Å². The van der Waals surface area contributed by atoms with Crippen LogP contribution < -0.4 is 14.9 Å². The molecule has 2 aromatic heterocycles. The first-order valence-electron chi connectivity index (χ1n) is 9.02. The molecule has 3 aromatic rings. The van der Waals surface area contributed by atoms with Crippen LogP contribution in [0.5, 0.6) is 0 Å². The topological polar surface area (TPSA) is 126 Å². The van der Waals surface area contributed by atoms with Crippen LogP contribution in [0.25, 0.3) is 0 Å². The fourth-order valence-corrected chi connectivity index (χ4v) is 4.69. The quantitative estimate of drug-likeness (QED) is 0.557. The van der Waals surface area contributed by atoms with E-state index in [4.69, 9.17) is 0 Å². The van der Waals surface area contributed by atoms with Gasteiger partial charge in [0, 0.05) is 24.7 Å². The van der Waals surface area contributed by atoms with Crippen LogP contribution in [-0.4, -0.2) is 48.2 Å². The number of amides is 3. The second-order valence-electron chi connectivity index (χ2n) is 6.57. The van der Waals surface area contributed by atoms with Gasteiger partial charge in [-0.05, 0) is 5.56 Å². The number of hydrogen-bond acceptors (Lipinski definition) is 7. The molecule has 0 unspecified atom stereocenters. The molecule has 0 radical (unpaired) electrons. The number of carbonyl (C=O) groups is 2. The maximum absolute atomic E-state index is 12.5. The van der Waals surface area contributed by atoms with Gasteiger partial charge in [0.25, 0.3) is 10.0 Å². The Morgan fingerprint density at radius 3 is 2.80 bits per heavy atom. The van der Waals surface area contributed by atoms with Crippen molar-refractivity contribution in [1.82, 2.24) is 24.8 Å². The van der Waals surface area contributed by atoms with Crippen molar-refractivity contribution in [1.29, 1.82) is 0 Å². The molecule has 0 saturated carbocycles. The minimum Gasteiger partial charge on any atom is -0.336 e. The van der Waals surface area contributed by atoms with Crippen molar-refractivity contribution < 1.29 is 18.0 Å². The molecule has 1 aromatic carbocycles. The number of anilines is 1. The van der Waals surface area contributed by atoms with E-state index in [9.17, 15) is 18.0 Å². The number of benzene rings is 1. The zero-order valence-electron chi connectivity index (χ0n) is 15.7. The van der Waals surface area contributed by atoms with Gasteiger partial charge in [0.2, 0.25) is 5.91 Å². The van der Waals surface area contributed by atoms with Crippen LogP contribution in [0.3, 0.4) is 0 Å². The predicted octanol–water partition coefficient (Wildman–Crippen LogP) is 0.965. The van der Waals surface area contributed by atoms with Gasteiger partial charge in [0.05, 0.1) is 24.9 Å². The number of carbonyl (C=O) groups excluding carboxylic acids is 2. The highest BCUT2D eigenvalue weighted by Gasteiger charge is 2.25. The number of thiazole rings is 1. The summed E-state index contributed by atoms with van der Waals surface area (Å²) in [6, 6.07) is 9.24. The van der Waals surface area contributed by atoms with Gasteiger partial charge in [-0.3, -0.25) is 14.4 Å². The monoisotopic (exact) mass is 446 g/mol. The van der Waals surface area contributed by atoms with E-state index in [1.165, 1.54) is 33.3 Å². The molecule has 0 bridgehead atoms. The summed E-state index contributed by atoms with van der Waals surface area (Å²) in [6.45, 7) is 1.44. The highest BCUT2D eigenvalue weighted by molar-refractivity contribution is 7.90. The molecule has 30 heavy (non-hydrogen) atoms. The Morgan fingerprint density at radius 2 is 2.07 bits per heavy atom. The summed E-state index contributed by atoms with van der Waals surface area (Å²) in [7, 11) is -4.05. The second kappa shape index (κ2) is 8.24. The van der Waals surface area contributed by atoms with E-state index in [-0.39, 0.29) is 17.3 Å². The average Bonchev–Trinajstić information content (AvgIpc) is 3.43. The van der Waals surface area contributed by atoms with E-state index in [1.54, 1.807) is 5.38 Å². The van der Waals surface area contributed by atoms with Crippen molar-refractivity contribution in [3.8, 4) is 0 Å². The van der Waals surface area contributed by atoms with Crippen molar-refractivity contribution in [2.45, 2.75) is 17.9 Å². The normalized spacial score (nSPS) is 14.0. The summed E-state index contributed by atoms with van der Waals surface area (Å²) in [5, 5.41) is 8.83. The molecule has 4 rings (SSSR count). The molecular weight excluding hydrogens is 428 g/mol. The number of hydrogen-bond donors (Lipinski definition) is 2. The first kappa shape index (κ1) is 20.0. The highest BCUT2D eigenvalue weighted by Crippen LogP contribution is 2.22. The molecule has 1 aliphatic heterocycles. The minimum atomic E-state index is -4.05. The Morgan fingerprint density at radius 1 is 1.27 bits per heavy atom. The van der Waals surface area contributed by atoms with E-state index < -0.39 is 15.9 Å². The van der Waals surface area contributed by atoms with Crippen molar-refractivity contribution in [3.63, 3.8) is 0 Å². The van der Waals surface area contributed by atoms with Gasteiger partial charge >= 0.3 is 6.03 Å². The molecule has 1 fully saturated rings. The minimum absolute atomic E-state index is 0.0977. The molecule has 0 atom stereocenters. The second-order valence-corrected chi connectivity index (χ2v) is 9.09. The van der Waals surface area contributed by atoms with Gasteiger partial charge in [-0.25, -0.2) is 22.9 Å². The van der Waals surface area contributed by atoms with Crippen molar-refractivity contribution in [3.05, 3.63) is 59.4 Å². The lowest BCUT2D eigenvalue weighted by Gasteiger charge is -2.08. The van der Waals surface area contributed by atoms with E-state index in [0.717, 1.165) is 5.56 Å². The number of aromatic nitrogens is 3. The first-order valence-corrected chi connectivity index (χ1v) is 11.4. The zero-order valence-corrected chi connectivity index (χ0v) is 17.3. The van der Waals surface area contributed by atoms with Crippen LogP contribution in [0.15, 0.2) is 53.0 Å². The van der Waals surface area contributed by atoms with E-state index in [2.05, 4.69) is 15.4 Å². The van der Waals surface area contributed by atoms with Crippen molar-refractivity contribution >= 4 is 38.4 Å². The maximum atomic E-state index is 12.5. The fourth-order valence-electron chi connectivity index (χ4n) is 2.91. The molecule has 10 nitrogen and oxygen atoms in total. The van der Waals surface area contributed by atoms with Gasteiger partial charge in [-0.15, -0.1) is 11.3 Å². The Bertz CT molecular complexity index is 1170. The molecule has 12 heteroatoms. The van der Waals surface area contributed by atoms with Crippen LogP contribution in [0.1, 0.15) is 11.3 Å². The smallest absolute Gasteiger partial charge is 0.323 e. The molecule has 0 aliphatic carbocycles. The number of nitrogens with zero attached hydrogens (tertiary/aromatic N) is 4. The first-order chi connectivity index (χ1) is 14.4. The molecule has 2 N–H and O–H groups in total. The number of nitrogens with one attached hydrogen (secondary N) is 2. The number of sulfonamides is 1. The third kappa shape index (κ3) is 4.49. The lowest BCUT2D eigenvalue weighted by Crippen LogP contribution is -2.31. The number of rotatable bonds is 7. The average molecular weight is 447 g/mol. The molecule has 0 spiro atoms. The van der Waals surface area contributed by atoms with E-state index in [1.807, 2.05) is 35.1 Å². The van der Waals surface area contributed by atoms with Gasteiger partial charge < -0.3 is 5.32 Å². The van der Waals surface area contributed by atoms with Gasteiger partial charge in [0.15, 0.2) is 5.13 Å². The Labute approximate surface area is 176 Å². The van der Waals surface area contributed by atoms with Crippen LogP contribution >= 0.6 is 11.3 Å². The summed E-state index contributed by atoms with van der Waals surface area (Å²) < 4.78 is 28.5. The lowest BCUT2D eigenvalue weighted by atomic mass is 10.2. The summed E-state index contributed by atoms with van der Waals surface area (Å²) >= 11 is 1.22. The van der Waals surface area contributed by atoms with Crippen LogP contribution in [0.4, 0.5) is 9.93 Å². The summed E-state index contributed by atoms with van der Waals surface area (Å²) in [5.74, 6) is -0.714. The largest absolute Gasteiger partial charge is 0.336 e. The molecule has 3 amide bonds. The van der Waals surface area contributed by atoms with Gasteiger partial charge in [0.1, 0.15) is 4.90 Å². The molecule has 1 saturated heterocycles. The van der Waals surface area contributed by atoms with Crippen LogP contribution in [0, 0.1) is 0 Å². The van der Waals surface area contributed by atoms with Crippen molar-refractivity contribution in [2.75, 3.05) is 18.0 Å². The van der Waals surface area contributed by atoms with Gasteiger partial charge in [-0.1, -0.05) is 30.3 Å². The predicted molar refractivity (Wildman–Crippen MR) is 110 cm³/mol. The third-order valence-corrected chi connectivity index (χ3v) is 6.56. The lowest BCUT2D eigenvalue weighted by molar-refractivity contribution is -0.118. The standard InChI is InChI=1S/C18H18N6O4S2/c25-16(8-14-12-29-18(21-14)24-7-6-19-17(24)26)22-30(27,28)15-9-20-23(11-15)10-13-4-2-1-3-5-13/h1-5,9,11-12H,6-8,10H2,(H,19,26)(H,22,25). The summed E-state index contributed by atoms with van der Waals surface area (Å²) in [6.07, 6.45) is 2.35. The Balaban J connectivity index is 1.38. The summed E-state index contributed by atoms with van der Waals surface area (Å²) in [4.78, 5) is 29.6. The SMILES string of the molecule is O=C(Cc1csc(N2CCNC2=O)n1)NS(=O)(=O)c1cnn(Cc2ccccc2)c1. The molecule has 1 aliphatic rings. The highest BCUT2D eigenvalue weighted by atomic mass is 32.2. The van der Waals surface area contributed by atoms with Crippen molar-refractivity contribution in [2.24, 2.45) is 0 Å². The fraction of sp³-hybridized carbons (Fsp3) is 0.222. The summed E-state index contributed by atoms with van der Waals surface area (Å²) in [5.41, 5.74) is 1.36. The maximum Gasteiger partial charge on any atom is 0.323 e. The molecule has 3 heterocycles. The van der Waals surface area contributed by atoms with Gasteiger partial charge in [-0.2, -0.15) is 5.10 Å². The Hall–Kier alpha value is -3.25. The zero-order chi connectivity index (χ0) is 21.1. The van der Waals surface area contributed by atoms with E-state index in [0.29, 0.717) is 30.5 Å².